The number of ether oxygens (including phenoxy) is 2. The van der Waals surface area contributed by atoms with Crippen molar-refractivity contribution < 1.29 is 14.3 Å². The largest absolute Gasteiger partial charge is 0.492 e. The number of carbonyl (C=O) groups is 1. The Morgan fingerprint density at radius 1 is 1.23 bits per heavy atom. The number of fused-ring (bicyclic) bond motifs is 1. The van der Waals surface area contributed by atoms with Crippen molar-refractivity contribution >= 4 is 6.03 Å². The van der Waals surface area contributed by atoms with E-state index in [1.54, 1.807) is 0 Å². The van der Waals surface area contributed by atoms with Crippen LogP contribution in [0.2, 0.25) is 0 Å². The van der Waals surface area contributed by atoms with Gasteiger partial charge < -0.3 is 20.1 Å². The molecule has 3 rings (SSSR count). The molecule has 1 fully saturated rings. The Labute approximate surface area is 131 Å². The van der Waals surface area contributed by atoms with Gasteiger partial charge in [0, 0.05) is 13.2 Å². The van der Waals surface area contributed by atoms with Gasteiger partial charge in [-0.1, -0.05) is 6.07 Å². The predicted octanol–water partition coefficient (Wildman–Crippen LogP) is 2.03. The van der Waals surface area contributed by atoms with E-state index in [-0.39, 0.29) is 12.1 Å². The van der Waals surface area contributed by atoms with Gasteiger partial charge in [0.1, 0.15) is 12.4 Å². The Balaban J connectivity index is 1.30. The van der Waals surface area contributed by atoms with E-state index >= 15 is 0 Å². The van der Waals surface area contributed by atoms with E-state index in [4.69, 9.17) is 9.47 Å². The zero-order valence-corrected chi connectivity index (χ0v) is 12.9. The Kier molecular flexibility index (Phi) is 5.16. The summed E-state index contributed by atoms with van der Waals surface area (Å²) in [6.07, 6.45) is 5.86. The van der Waals surface area contributed by atoms with E-state index in [9.17, 15) is 4.79 Å². The van der Waals surface area contributed by atoms with Crippen LogP contribution in [0, 0.1) is 0 Å². The molecule has 5 heteroatoms. The van der Waals surface area contributed by atoms with Crippen molar-refractivity contribution in [1.29, 1.82) is 0 Å². The molecule has 22 heavy (non-hydrogen) atoms. The lowest BCUT2D eigenvalue weighted by Gasteiger charge is -2.12. The molecule has 5 nitrogen and oxygen atoms in total. The first-order chi connectivity index (χ1) is 10.8. The highest BCUT2D eigenvalue weighted by atomic mass is 16.5. The van der Waals surface area contributed by atoms with Gasteiger partial charge in [-0.3, -0.25) is 0 Å². The van der Waals surface area contributed by atoms with Gasteiger partial charge in [-0.05, 0) is 55.4 Å². The summed E-state index contributed by atoms with van der Waals surface area (Å²) in [5.41, 5.74) is 2.85. The monoisotopic (exact) mass is 304 g/mol. The molecule has 1 aromatic rings. The quantitative estimate of drug-likeness (QED) is 0.791. The van der Waals surface area contributed by atoms with Gasteiger partial charge in [0.15, 0.2) is 0 Å². The smallest absolute Gasteiger partial charge is 0.315 e. The third-order valence-corrected chi connectivity index (χ3v) is 4.24. The van der Waals surface area contributed by atoms with Crippen LogP contribution in [0.4, 0.5) is 4.79 Å². The molecule has 1 saturated heterocycles. The Bertz CT molecular complexity index is 513. The third kappa shape index (κ3) is 4.13. The second kappa shape index (κ2) is 7.49. The highest BCUT2D eigenvalue weighted by Crippen LogP contribution is 2.25. The van der Waals surface area contributed by atoms with Crippen LogP contribution in [0.15, 0.2) is 18.2 Å². The first kappa shape index (κ1) is 15.2. The molecule has 0 aromatic heterocycles. The van der Waals surface area contributed by atoms with Gasteiger partial charge in [0.25, 0.3) is 0 Å². The van der Waals surface area contributed by atoms with Crippen LogP contribution in [0.3, 0.4) is 0 Å². The number of carbonyl (C=O) groups excluding carboxylic acids is 1. The minimum Gasteiger partial charge on any atom is -0.492 e. The van der Waals surface area contributed by atoms with Crippen LogP contribution in [0.5, 0.6) is 5.75 Å². The number of hydrogen-bond acceptors (Lipinski definition) is 3. The molecule has 120 valence electrons. The summed E-state index contributed by atoms with van der Waals surface area (Å²) in [5.74, 6) is 0.891. The number of nitrogens with one attached hydrogen (secondary N) is 2. The number of benzene rings is 1. The van der Waals surface area contributed by atoms with Crippen molar-refractivity contribution in [3.8, 4) is 5.75 Å². The zero-order chi connectivity index (χ0) is 15.2. The Morgan fingerprint density at radius 3 is 3.00 bits per heavy atom. The van der Waals surface area contributed by atoms with Crippen LogP contribution in [0.25, 0.3) is 0 Å². The van der Waals surface area contributed by atoms with Gasteiger partial charge in [0.2, 0.25) is 0 Å². The zero-order valence-electron chi connectivity index (χ0n) is 12.9. The molecule has 1 aliphatic carbocycles. The van der Waals surface area contributed by atoms with Crippen LogP contribution in [-0.2, 0) is 17.6 Å². The standard InChI is InChI=1S/C17H24N2O3/c20-17(19-12-16-5-2-9-21-16)18-8-10-22-15-7-6-13-3-1-4-14(13)11-15/h6-7,11,16H,1-5,8-10,12H2,(H2,18,19,20). The van der Waals surface area contributed by atoms with Crippen molar-refractivity contribution in [3.05, 3.63) is 29.3 Å². The summed E-state index contributed by atoms with van der Waals surface area (Å²) in [5, 5.41) is 5.63. The average molecular weight is 304 g/mol. The van der Waals surface area contributed by atoms with Crippen LogP contribution in [-0.4, -0.2) is 38.4 Å². The van der Waals surface area contributed by atoms with Crippen molar-refractivity contribution in [3.63, 3.8) is 0 Å². The normalized spacial score (nSPS) is 19.7. The fraction of sp³-hybridized carbons (Fsp3) is 0.588. The summed E-state index contributed by atoms with van der Waals surface area (Å²) in [7, 11) is 0. The van der Waals surface area contributed by atoms with Crippen molar-refractivity contribution in [2.45, 2.75) is 38.2 Å². The molecule has 0 bridgehead atoms. The minimum atomic E-state index is -0.159. The molecule has 1 aliphatic heterocycles. The van der Waals surface area contributed by atoms with Gasteiger partial charge in [-0.2, -0.15) is 0 Å². The van der Waals surface area contributed by atoms with E-state index in [0.29, 0.717) is 19.7 Å². The van der Waals surface area contributed by atoms with Gasteiger partial charge in [0.05, 0.1) is 12.6 Å². The maximum Gasteiger partial charge on any atom is 0.315 e. The predicted molar refractivity (Wildman–Crippen MR) is 84.3 cm³/mol. The lowest BCUT2D eigenvalue weighted by atomic mass is 10.1. The molecular weight excluding hydrogens is 280 g/mol. The summed E-state index contributed by atoms with van der Waals surface area (Å²) in [4.78, 5) is 11.6. The number of hydrogen-bond donors (Lipinski definition) is 2. The van der Waals surface area contributed by atoms with Crippen LogP contribution in [0.1, 0.15) is 30.4 Å². The first-order valence-corrected chi connectivity index (χ1v) is 8.19. The summed E-state index contributed by atoms with van der Waals surface area (Å²) >= 11 is 0. The van der Waals surface area contributed by atoms with Crippen molar-refractivity contribution in [2.24, 2.45) is 0 Å². The summed E-state index contributed by atoms with van der Waals surface area (Å²) in [6.45, 7) is 2.36. The summed E-state index contributed by atoms with van der Waals surface area (Å²) < 4.78 is 11.1. The molecule has 1 atom stereocenters. The van der Waals surface area contributed by atoms with Crippen LogP contribution < -0.4 is 15.4 Å². The van der Waals surface area contributed by atoms with Crippen molar-refractivity contribution in [1.82, 2.24) is 10.6 Å². The topological polar surface area (TPSA) is 59.6 Å². The number of aryl methyl sites for hydroxylation is 2. The minimum absolute atomic E-state index is 0.159. The second-order valence-electron chi connectivity index (χ2n) is 5.90. The molecular formula is C17H24N2O3. The first-order valence-electron chi connectivity index (χ1n) is 8.19. The molecule has 1 aromatic carbocycles. The fourth-order valence-corrected chi connectivity index (χ4v) is 3.05. The van der Waals surface area contributed by atoms with E-state index in [0.717, 1.165) is 31.6 Å². The second-order valence-corrected chi connectivity index (χ2v) is 5.90. The fourth-order valence-electron chi connectivity index (χ4n) is 3.05. The molecule has 0 saturated carbocycles. The van der Waals surface area contributed by atoms with Gasteiger partial charge in [-0.25, -0.2) is 4.79 Å². The molecule has 0 radical (unpaired) electrons. The third-order valence-electron chi connectivity index (χ3n) is 4.24. The number of amides is 2. The highest BCUT2D eigenvalue weighted by molar-refractivity contribution is 5.73. The maximum absolute atomic E-state index is 11.6. The van der Waals surface area contributed by atoms with E-state index in [2.05, 4.69) is 22.8 Å². The summed E-state index contributed by atoms with van der Waals surface area (Å²) in [6, 6.07) is 6.13. The molecule has 2 N–H and O–H groups in total. The van der Waals surface area contributed by atoms with E-state index < -0.39 is 0 Å². The Hall–Kier alpha value is -1.75. The number of rotatable bonds is 6. The molecule has 1 heterocycles. The molecule has 2 amide bonds. The molecule has 0 spiro atoms. The maximum atomic E-state index is 11.6. The van der Waals surface area contributed by atoms with Gasteiger partial charge in [-0.15, -0.1) is 0 Å². The molecule has 2 aliphatic rings. The van der Waals surface area contributed by atoms with Crippen LogP contribution >= 0.6 is 0 Å². The SMILES string of the molecule is O=C(NCCOc1ccc2c(c1)CCC2)NCC1CCCO1. The van der Waals surface area contributed by atoms with E-state index in [1.165, 1.54) is 24.0 Å². The average Bonchev–Trinajstić information content (AvgIpc) is 3.20. The lowest BCUT2D eigenvalue weighted by Crippen LogP contribution is -2.41. The van der Waals surface area contributed by atoms with Crippen molar-refractivity contribution in [2.75, 3.05) is 26.3 Å². The number of urea groups is 1. The highest BCUT2D eigenvalue weighted by Gasteiger charge is 2.16. The Morgan fingerprint density at radius 2 is 2.14 bits per heavy atom. The molecule has 1 unspecified atom stereocenters. The van der Waals surface area contributed by atoms with Gasteiger partial charge >= 0.3 is 6.03 Å². The lowest BCUT2D eigenvalue weighted by molar-refractivity contribution is 0.111. The van der Waals surface area contributed by atoms with E-state index in [1.807, 2.05) is 6.07 Å².